The highest BCUT2D eigenvalue weighted by Crippen LogP contribution is 2.43. The maximum Gasteiger partial charge on any atom is 0.231 e. The van der Waals surface area contributed by atoms with E-state index in [0.717, 1.165) is 24.3 Å². The molecule has 0 atom stereocenters. The van der Waals surface area contributed by atoms with Crippen molar-refractivity contribution in [1.82, 2.24) is 9.97 Å². The fourth-order valence-electron chi connectivity index (χ4n) is 2.11. The van der Waals surface area contributed by atoms with E-state index in [9.17, 15) is 0 Å². The number of methoxy groups -OCH3 is 1. The highest BCUT2D eigenvalue weighted by atomic mass is 16.7. The van der Waals surface area contributed by atoms with Crippen molar-refractivity contribution in [3.8, 4) is 28.6 Å². The van der Waals surface area contributed by atoms with Crippen LogP contribution in [0.15, 0.2) is 24.4 Å². The van der Waals surface area contributed by atoms with Crippen LogP contribution < -0.4 is 19.5 Å². The Morgan fingerprint density at radius 1 is 1.33 bits per heavy atom. The summed E-state index contributed by atoms with van der Waals surface area (Å²) in [6.07, 6.45) is 2.77. The molecule has 6 heteroatoms. The predicted molar refractivity (Wildman–Crippen MR) is 78.9 cm³/mol. The lowest BCUT2D eigenvalue weighted by Gasteiger charge is -2.09. The first-order valence-corrected chi connectivity index (χ1v) is 6.86. The molecule has 2 heterocycles. The molecule has 0 aliphatic carbocycles. The number of hydrogen-bond acceptors (Lipinski definition) is 6. The van der Waals surface area contributed by atoms with Crippen molar-refractivity contribution in [1.29, 1.82) is 0 Å². The molecule has 2 aromatic rings. The number of nitrogens with one attached hydrogen (secondary N) is 1. The number of aromatic nitrogens is 2. The molecule has 1 N–H and O–H groups in total. The zero-order valence-corrected chi connectivity index (χ0v) is 12.0. The van der Waals surface area contributed by atoms with Gasteiger partial charge < -0.3 is 19.5 Å². The Labute approximate surface area is 123 Å². The van der Waals surface area contributed by atoms with Crippen LogP contribution in [0.1, 0.15) is 13.3 Å². The second-order valence-electron chi connectivity index (χ2n) is 4.60. The zero-order chi connectivity index (χ0) is 14.7. The molecule has 110 valence electrons. The first-order valence-electron chi connectivity index (χ1n) is 6.86. The molecule has 21 heavy (non-hydrogen) atoms. The van der Waals surface area contributed by atoms with Crippen molar-refractivity contribution in [2.75, 3.05) is 25.8 Å². The fourth-order valence-corrected chi connectivity index (χ4v) is 2.11. The summed E-state index contributed by atoms with van der Waals surface area (Å²) in [5, 5.41) is 3.25. The Bertz CT molecular complexity index is 646. The lowest BCUT2D eigenvalue weighted by molar-refractivity contribution is 0.171. The summed E-state index contributed by atoms with van der Waals surface area (Å²) >= 11 is 0. The summed E-state index contributed by atoms with van der Waals surface area (Å²) in [4.78, 5) is 8.82. The van der Waals surface area contributed by atoms with E-state index in [0.29, 0.717) is 23.1 Å². The number of fused-ring (bicyclic) bond motifs is 1. The Balaban J connectivity index is 1.97. The molecule has 1 aromatic heterocycles. The van der Waals surface area contributed by atoms with Crippen LogP contribution in [0.5, 0.6) is 17.2 Å². The van der Waals surface area contributed by atoms with E-state index in [2.05, 4.69) is 22.2 Å². The van der Waals surface area contributed by atoms with Gasteiger partial charge in [0.15, 0.2) is 17.3 Å². The van der Waals surface area contributed by atoms with Gasteiger partial charge in [-0.05, 0) is 24.6 Å². The Hall–Kier alpha value is -2.50. The third kappa shape index (κ3) is 2.69. The summed E-state index contributed by atoms with van der Waals surface area (Å²) in [7, 11) is 1.60. The lowest BCUT2D eigenvalue weighted by Crippen LogP contribution is -2.03. The molecule has 0 fully saturated rings. The van der Waals surface area contributed by atoms with Gasteiger partial charge >= 0.3 is 0 Å². The minimum atomic E-state index is 0.202. The van der Waals surface area contributed by atoms with E-state index in [1.165, 1.54) is 0 Å². The van der Waals surface area contributed by atoms with E-state index in [-0.39, 0.29) is 6.79 Å². The smallest absolute Gasteiger partial charge is 0.231 e. The minimum absolute atomic E-state index is 0.202. The maximum atomic E-state index is 5.42. The van der Waals surface area contributed by atoms with E-state index < -0.39 is 0 Å². The standard InChI is InChI=1S/C15H17N3O3/c1-3-5-16-13-4-6-17-15(18-13)10-7-11(19-2)14-12(8-10)20-9-21-14/h4,6-8H,3,5,9H2,1-2H3,(H,16,17,18). The van der Waals surface area contributed by atoms with Crippen LogP contribution >= 0.6 is 0 Å². The molecule has 1 aliphatic rings. The van der Waals surface area contributed by atoms with Gasteiger partial charge in [0.25, 0.3) is 0 Å². The quantitative estimate of drug-likeness (QED) is 0.912. The lowest BCUT2D eigenvalue weighted by atomic mass is 10.1. The molecule has 3 rings (SSSR count). The second-order valence-corrected chi connectivity index (χ2v) is 4.60. The van der Waals surface area contributed by atoms with Crippen molar-refractivity contribution < 1.29 is 14.2 Å². The van der Waals surface area contributed by atoms with Crippen LogP contribution in [-0.2, 0) is 0 Å². The van der Waals surface area contributed by atoms with Gasteiger partial charge in [0, 0.05) is 18.3 Å². The first-order chi connectivity index (χ1) is 10.3. The van der Waals surface area contributed by atoms with Gasteiger partial charge in [-0.1, -0.05) is 6.92 Å². The van der Waals surface area contributed by atoms with E-state index >= 15 is 0 Å². The van der Waals surface area contributed by atoms with Gasteiger partial charge in [-0.25, -0.2) is 9.97 Å². The van der Waals surface area contributed by atoms with Gasteiger partial charge in [0.05, 0.1) is 7.11 Å². The topological polar surface area (TPSA) is 65.5 Å². The van der Waals surface area contributed by atoms with Gasteiger partial charge in [-0.2, -0.15) is 0 Å². The molecular formula is C15H17N3O3. The number of nitrogens with zero attached hydrogens (tertiary/aromatic N) is 2. The maximum absolute atomic E-state index is 5.42. The Kier molecular flexibility index (Phi) is 3.77. The normalized spacial score (nSPS) is 12.3. The van der Waals surface area contributed by atoms with E-state index in [4.69, 9.17) is 14.2 Å². The first kappa shape index (κ1) is 13.5. The van der Waals surface area contributed by atoms with Crippen molar-refractivity contribution in [2.45, 2.75) is 13.3 Å². The average molecular weight is 287 g/mol. The van der Waals surface area contributed by atoms with E-state index in [1.807, 2.05) is 18.2 Å². The van der Waals surface area contributed by atoms with Gasteiger partial charge in [0.1, 0.15) is 5.82 Å². The molecule has 0 unspecified atom stereocenters. The van der Waals surface area contributed by atoms with Gasteiger partial charge in [0.2, 0.25) is 12.5 Å². The largest absolute Gasteiger partial charge is 0.493 e. The van der Waals surface area contributed by atoms with Crippen molar-refractivity contribution >= 4 is 5.82 Å². The average Bonchev–Trinajstić information content (AvgIpc) is 3.00. The molecule has 0 saturated heterocycles. The molecule has 0 radical (unpaired) electrons. The fraction of sp³-hybridized carbons (Fsp3) is 0.333. The third-order valence-electron chi connectivity index (χ3n) is 3.13. The van der Waals surface area contributed by atoms with Crippen LogP contribution in [0.3, 0.4) is 0 Å². The Morgan fingerprint density at radius 2 is 2.24 bits per heavy atom. The summed E-state index contributed by atoms with van der Waals surface area (Å²) in [6.45, 7) is 3.19. The molecule has 6 nitrogen and oxygen atoms in total. The van der Waals surface area contributed by atoms with Crippen molar-refractivity contribution in [2.24, 2.45) is 0 Å². The third-order valence-corrected chi connectivity index (χ3v) is 3.13. The molecule has 0 bridgehead atoms. The number of anilines is 1. The molecule has 0 spiro atoms. The van der Waals surface area contributed by atoms with Gasteiger partial charge in [-0.15, -0.1) is 0 Å². The van der Waals surface area contributed by atoms with E-state index in [1.54, 1.807) is 13.3 Å². The second kappa shape index (κ2) is 5.87. The van der Waals surface area contributed by atoms with Gasteiger partial charge in [-0.3, -0.25) is 0 Å². The molecule has 1 aliphatic heterocycles. The zero-order valence-electron chi connectivity index (χ0n) is 12.0. The predicted octanol–water partition coefficient (Wildman–Crippen LogP) is 2.70. The number of rotatable bonds is 5. The summed E-state index contributed by atoms with van der Waals surface area (Å²) < 4.78 is 16.2. The monoisotopic (exact) mass is 287 g/mol. The summed E-state index contributed by atoms with van der Waals surface area (Å²) in [6, 6.07) is 5.57. The van der Waals surface area contributed by atoms with Crippen LogP contribution in [-0.4, -0.2) is 30.4 Å². The van der Waals surface area contributed by atoms with Crippen molar-refractivity contribution in [3.05, 3.63) is 24.4 Å². The molecule has 0 saturated carbocycles. The highest BCUT2D eigenvalue weighted by Gasteiger charge is 2.21. The number of benzene rings is 1. The van der Waals surface area contributed by atoms with Crippen LogP contribution in [0.2, 0.25) is 0 Å². The van der Waals surface area contributed by atoms with Crippen LogP contribution in [0.25, 0.3) is 11.4 Å². The molecular weight excluding hydrogens is 270 g/mol. The number of ether oxygens (including phenoxy) is 3. The SMILES string of the molecule is CCCNc1ccnc(-c2cc(OC)c3c(c2)OCO3)n1. The Morgan fingerprint density at radius 3 is 3.05 bits per heavy atom. The summed E-state index contributed by atoms with van der Waals surface area (Å²) in [5.41, 5.74) is 0.830. The highest BCUT2D eigenvalue weighted by molar-refractivity contribution is 5.67. The molecule has 0 amide bonds. The van der Waals surface area contributed by atoms with Crippen molar-refractivity contribution in [3.63, 3.8) is 0 Å². The minimum Gasteiger partial charge on any atom is -0.493 e. The van der Waals surface area contributed by atoms with Crippen LogP contribution in [0.4, 0.5) is 5.82 Å². The number of hydrogen-bond donors (Lipinski definition) is 1. The molecule has 1 aromatic carbocycles. The van der Waals surface area contributed by atoms with Crippen LogP contribution in [0, 0.1) is 0 Å². The summed E-state index contributed by atoms with van der Waals surface area (Å²) in [5.74, 6) is 3.32.